The van der Waals surface area contributed by atoms with Crippen LogP contribution in [0.4, 0.5) is 18.0 Å². The molecule has 2 heterocycles. The number of nitrogens with zero attached hydrogens (tertiary/aromatic N) is 2. The number of urea groups is 1. The number of aromatic nitrogens is 2. The molecule has 1 aromatic carbocycles. The number of carboxylic acids is 1. The minimum Gasteiger partial charge on any atom is -0.480 e. The fourth-order valence-electron chi connectivity index (χ4n) is 2.02. The Balaban J connectivity index is 0. The highest BCUT2D eigenvalue weighted by atomic mass is 31.3. The summed E-state index contributed by atoms with van der Waals surface area (Å²) in [6.07, 6.45) is 4.23. The predicted octanol–water partition coefficient (Wildman–Crippen LogP) is -0.558. The molecule has 1 aliphatic rings. The number of aliphatic carboxylic acids is 1. The van der Waals surface area contributed by atoms with E-state index in [0.717, 1.165) is 24.1 Å². The van der Waals surface area contributed by atoms with Crippen LogP contribution in [-0.4, -0.2) is 79.0 Å². The van der Waals surface area contributed by atoms with Crippen LogP contribution in [0.2, 0.25) is 0 Å². The molecule has 3 rings (SSSR count). The van der Waals surface area contributed by atoms with Crippen LogP contribution in [0.15, 0.2) is 36.7 Å². The summed E-state index contributed by atoms with van der Waals surface area (Å²) in [5.74, 6) is -1.03. The molecule has 2 amide bonds. The van der Waals surface area contributed by atoms with Gasteiger partial charge >= 0.3 is 34.3 Å². The van der Waals surface area contributed by atoms with Crippen LogP contribution in [0.3, 0.4) is 0 Å². The van der Waals surface area contributed by atoms with Crippen molar-refractivity contribution in [1.82, 2.24) is 31.7 Å². The fourth-order valence-corrected chi connectivity index (χ4v) is 3.13. The smallest absolute Gasteiger partial charge is 0.478 e. The fraction of sp³-hybridized carbons (Fsp3) is 0.412. The van der Waals surface area contributed by atoms with Gasteiger partial charge < -0.3 is 41.5 Å². The Kier molecular flexibility index (Phi) is 21.6. The van der Waals surface area contributed by atoms with Crippen LogP contribution < -0.4 is 33.2 Å². The quantitative estimate of drug-likeness (QED) is 0.136. The third-order valence-electron chi connectivity index (χ3n) is 3.45. The zero-order valence-electron chi connectivity index (χ0n) is 20.5. The monoisotopic (exact) mass is 626 g/mol. The summed E-state index contributed by atoms with van der Waals surface area (Å²) >= 11 is 0. The molecule has 0 radical (unpaired) electrons. The highest BCUT2D eigenvalue weighted by Gasteiger charge is 2.27. The molecule has 18 nitrogen and oxygen atoms in total. The Morgan fingerprint density at radius 2 is 1.43 bits per heavy atom. The number of carbonyl (C=O) groups is 2. The maximum Gasteiger partial charge on any atom is 0.478 e. The Morgan fingerprint density at radius 1 is 1.00 bits per heavy atom. The standard InChI is InChI=1S/C8H6N2.C6H13N3O3.C2H7N3.CHF3.H4O7P2/c1-2-4-8-7(3-1)9-5-6-10-8;7-4(5(10)11)2-1-3-9-6(8)12;1-2-4-5-3-1;2-1(3)4;1-8(2,3)7-9(4,5)6/h1-6H;4H,1-3,7H2,(H,10,11)(H3,8,9,12);3-5H,1-2H2;1H;(H2,1,2,3)(H2,4,5,6). The van der Waals surface area contributed by atoms with Gasteiger partial charge in [0.25, 0.3) is 0 Å². The normalized spacial score (nSPS) is 13.1. The van der Waals surface area contributed by atoms with Crippen LogP contribution >= 0.6 is 15.6 Å². The first-order valence-corrected chi connectivity index (χ1v) is 13.6. The number of nitrogens with two attached hydrogens (primary N) is 2. The molecule has 1 saturated heterocycles. The number of benzene rings is 1. The molecule has 0 saturated carbocycles. The number of carbonyl (C=O) groups excluding carboxylic acids is 1. The summed E-state index contributed by atoms with van der Waals surface area (Å²) in [5.41, 5.74) is 20.3. The zero-order valence-corrected chi connectivity index (χ0v) is 22.3. The molecule has 13 N–H and O–H groups in total. The number of carboxylic acid groups (broad SMARTS) is 1. The second-order valence-corrected chi connectivity index (χ2v) is 9.33. The number of alkyl halides is 3. The van der Waals surface area contributed by atoms with Crippen molar-refractivity contribution in [2.24, 2.45) is 11.5 Å². The molecule has 23 heteroatoms. The lowest BCUT2D eigenvalue weighted by Crippen LogP contribution is -2.33. The van der Waals surface area contributed by atoms with Gasteiger partial charge in [-0.1, -0.05) is 12.1 Å². The predicted molar refractivity (Wildman–Crippen MR) is 133 cm³/mol. The van der Waals surface area contributed by atoms with E-state index in [1.54, 1.807) is 12.4 Å². The van der Waals surface area contributed by atoms with Crippen molar-refractivity contribution in [2.75, 3.05) is 19.6 Å². The first-order chi connectivity index (χ1) is 18.4. The summed E-state index contributed by atoms with van der Waals surface area (Å²) in [4.78, 5) is 59.6. The van der Waals surface area contributed by atoms with Gasteiger partial charge in [0.15, 0.2) is 0 Å². The molecule has 2 aromatic rings. The lowest BCUT2D eigenvalue weighted by atomic mass is 10.2. The van der Waals surface area contributed by atoms with Crippen LogP contribution in [0.25, 0.3) is 11.0 Å². The highest BCUT2D eigenvalue weighted by molar-refractivity contribution is 7.60. The first-order valence-electron chi connectivity index (χ1n) is 10.6. The van der Waals surface area contributed by atoms with Crippen molar-refractivity contribution < 1.29 is 60.9 Å². The van der Waals surface area contributed by atoms with Crippen molar-refractivity contribution in [3.63, 3.8) is 0 Å². The number of phosphoric acid groups is 2. The Bertz CT molecular complexity index is 983. The van der Waals surface area contributed by atoms with Gasteiger partial charge in [-0.05, 0) is 25.0 Å². The topological polar surface area (TPSA) is 305 Å². The molecule has 1 aliphatic heterocycles. The number of amides is 2. The van der Waals surface area contributed by atoms with E-state index in [2.05, 4.69) is 36.0 Å². The van der Waals surface area contributed by atoms with Gasteiger partial charge in [0.2, 0.25) is 0 Å². The van der Waals surface area contributed by atoms with Crippen LogP contribution in [0.1, 0.15) is 12.8 Å². The number of nitrogens with one attached hydrogen (secondary N) is 4. The van der Waals surface area contributed by atoms with Crippen molar-refractivity contribution in [3.8, 4) is 0 Å². The molecule has 230 valence electrons. The number of primary amides is 1. The molecule has 0 aliphatic carbocycles. The van der Waals surface area contributed by atoms with Crippen LogP contribution in [-0.2, 0) is 18.2 Å². The second kappa shape index (κ2) is 21.9. The lowest BCUT2D eigenvalue weighted by molar-refractivity contribution is -0.138. The average molecular weight is 626 g/mol. The molecule has 1 aromatic heterocycles. The number of halogens is 3. The largest absolute Gasteiger partial charge is 0.480 e. The van der Waals surface area contributed by atoms with Gasteiger partial charge in [-0.3, -0.25) is 14.8 Å². The van der Waals surface area contributed by atoms with E-state index >= 15 is 0 Å². The average Bonchev–Trinajstić information content (AvgIpc) is 3.40. The molecule has 1 fully saturated rings. The molecule has 1 atom stereocenters. The minimum absolute atomic E-state index is 0.329. The van der Waals surface area contributed by atoms with Crippen molar-refractivity contribution in [2.45, 2.75) is 25.6 Å². The number of fused-ring (bicyclic) bond motifs is 1. The Labute approximate surface area is 225 Å². The van der Waals surface area contributed by atoms with Crippen molar-refractivity contribution >= 4 is 38.7 Å². The summed E-state index contributed by atoms with van der Waals surface area (Å²) in [6, 6.07) is 6.33. The van der Waals surface area contributed by atoms with E-state index in [9.17, 15) is 31.9 Å². The zero-order chi connectivity index (χ0) is 31.2. The van der Waals surface area contributed by atoms with Gasteiger partial charge in [0.05, 0.1) is 11.0 Å². The Morgan fingerprint density at radius 3 is 1.70 bits per heavy atom. The first kappa shape index (κ1) is 39.3. The maximum absolute atomic E-state index is 10.2. The van der Waals surface area contributed by atoms with Gasteiger partial charge in [-0.25, -0.2) is 24.8 Å². The molecular weight excluding hydrogens is 595 g/mol. The van der Waals surface area contributed by atoms with Gasteiger partial charge in [-0.2, -0.15) is 23.0 Å². The van der Waals surface area contributed by atoms with E-state index in [-0.39, 0.29) is 0 Å². The van der Waals surface area contributed by atoms with E-state index in [4.69, 9.17) is 36.1 Å². The van der Waals surface area contributed by atoms with Crippen LogP contribution in [0, 0.1) is 0 Å². The summed E-state index contributed by atoms with van der Waals surface area (Å²) in [7, 11) is -10.1. The SMILES string of the molecule is C1CNNN1.FC(F)F.NC(=O)NCCCC(N)C(=O)O.O=P(O)(O)OP(=O)(O)O.c1ccc2nccnc2c1. The molecule has 0 spiro atoms. The second-order valence-electron chi connectivity index (χ2n) is 6.71. The summed E-state index contributed by atoms with van der Waals surface area (Å²) < 4.78 is 51.2. The van der Waals surface area contributed by atoms with E-state index < -0.39 is 40.4 Å². The third-order valence-corrected chi connectivity index (χ3v) is 5.15. The molecule has 0 bridgehead atoms. The third kappa shape index (κ3) is 29.7. The van der Waals surface area contributed by atoms with E-state index in [1.807, 2.05) is 24.3 Å². The number of rotatable bonds is 7. The Hall–Kier alpha value is -2.81. The van der Waals surface area contributed by atoms with E-state index in [1.165, 1.54) is 0 Å². The number of para-hydroxylation sites is 2. The minimum atomic E-state index is -5.05. The highest BCUT2D eigenvalue weighted by Crippen LogP contribution is 2.53. The van der Waals surface area contributed by atoms with E-state index in [0.29, 0.717) is 19.4 Å². The molecular formula is C17H31F3N8O10P2. The number of hydrogen-bond donors (Lipinski definition) is 11. The molecule has 40 heavy (non-hydrogen) atoms. The summed E-state index contributed by atoms with van der Waals surface area (Å²) in [5, 5.41) is 10.7. The number of hydrazine groups is 2. The molecule has 1 unspecified atom stereocenters. The van der Waals surface area contributed by atoms with Gasteiger partial charge in [-0.15, -0.1) is 0 Å². The summed E-state index contributed by atoms with van der Waals surface area (Å²) in [6.45, 7) is -1.25. The lowest BCUT2D eigenvalue weighted by Gasteiger charge is -2.05. The number of hydrogen-bond acceptors (Lipinski definition) is 11. The van der Waals surface area contributed by atoms with Gasteiger partial charge in [0.1, 0.15) is 6.04 Å². The van der Waals surface area contributed by atoms with Gasteiger partial charge in [0, 0.05) is 32.0 Å². The van der Waals surface area contributed by atoms with Crippen molar-refractivity contribution in [3.05, 3.63) is 36.7 Å². The van der Waals surface area contributed by atoms with Crippen molar-refractivity contribution in [1.29, 1.82) is 0 Å². The maximum atomic E-state index is 10.2. The van der Waals surface area contributed by atoms with Crippen LogP contribution in [0.5, 0.6) is 0 Å².